The number of nitrogens with one attached hydrogen (secondary N) is 1. The van der Waals surface area contributed by atoms with Gasteiger partial charge in [0, 0.05) is 12.1 Å². The van der Waals surface area contributed by atoms with Crippen molar-refractivity contribution in [1.82, 2.24) is 10.2 Å². The van der Waals surface area contributed by atoms with Gasteiger partial charge in [-0.1, -0.05) is 72.8 Å². The number of carbonyl (C=O) groups excluding carboxylic acids is 2. The average molecular weight is 417 g/mol. The lowest BCUT2D eigenvalue weighted by Gasteiger charge is -2.24. The second kappa shape index (κ2) is 9.18. The molecule has 0 radical (unpaired) electrons. The van der Waals surface area contributed by atoms with Crippen molar-refractivity contribution in [3.05, 3.63) is 107 Å². The molecule has 0 saturated carbocycles. The van der Waals surface area contributed by atoms with E-state index in [1.54, 1.807) is 11.8 Å². The fraction of sp³-hybridized carbons (Fsp3) is 0.200. The van der Waals surface area contributed by atoms with Gasteiger partial charge < -0.3 is 10.2 Å². The standard InChI is InChI=1S/C25H24N2O2S/c1-18(20-10-6-3-7-11-20)26-24(29)21-12-14-22(15-13-21)25-27(23(28)17-30-25)16-19-8-4-2-5-9-19/h2-15,18,25H,16-17H2,1H3,(H,26,29)/t18-,25+/m1/s1. The van der Waals surface area contributed by atoms with Crippen LogP contribution in [0.2, 0.25) is 0 Å². The van der Waals surface area contributed by atoms with Crippen LogP contribution in [0.25, 0.3) is 0 Å². The van der Waals surface area contributed by atoms with E-state index in [-0.39, 0.29) is 23.2 Å². The lowest BCUT2D eigenvalue weighted by Crippen LogP contribution is -2.28. The van der Waals surface area contributed by atoms with Gasteiger partial charge in [-0.2, -0.15) is 0 Å². The molecular weight excluding hydrogens is 392 g/mol. The highest BCUT2D eigenvalue weighted by atomic mass is 32.2. The molecule has 5 heteroatoms. The van der Waals surface area contributed by atoms with E-state index < -0.39 is 0 Å². The summed E-state index contributed by atoms with van der Waals surface area (Å²) >= 11 is 1.63. The van der Waals surface area contributed by atoms with Crippen LogP contribution in [0.15, 0.2) is 84.9 Å². The molecule has 1 heterocycles. The zero-order valence-corrected chi connectivity index (χ0v) is 17.6. The van der Waals surface area contributed by atoms with Gasteiger partial charge in [0.1, 0.15) is 5.37 Å². The van der Waals surface area contributed by atoms with Gasteiger partial charge in [0.05, 0.1) is 11.8 Å². The molecule has 1 N–H and O–H groups in total. The van der Waals surface area contributed by atoms with Gasteiger partial charge >= 0.3 is 0 Å². The topological polar surface area (TPSA) is 49.4 Å². The number of rotatable bonds is 6. The summed E-state index contributed by atoms with van der Waals surface area (Å²) in [5.41, 5.74) is 3.84. The molecular formula is C25H24N2O2S. The Hall–Kier alpha value is -3.05. The molecule has 0 bridgehead atoms. The van der Waals surface area contributed by atoms with Crippen molar-refractivity contribution in [2.45, 2.75) is 24.9 Å². The van der Waals surface area contributed by atoms with Crippen molar-refractivity contribution >= 4 is 23.6 Å². The molecule has 2 amide bonds. The first kappa shape index (κ1) is 20.2. The predicted octanol–water partition coefficient (Wildman–Crippen LogP) is 4.95. The lowest BCUT2D eigenvalue weighted by atomic mass is 10.1. The van der Waals surface area contributed by atoms with Crippen molar-refractivity contribution in [2.24, 2.45) is 0 Å². The summed E-state index contributed by atoms with van der Waals surface area (Å²) in [5, 5.41) is 3.01. The molecule has 152 valence electrons. The summed E-state index contributed by atoms with van der Waals surface area (Å²) in [7, 11) is 0. The smallest absolute Gasteiger partial charge is 0.251 e. The normalized spacial score (nSPS) is 17.0. The van der Waals surface area contributed by atoms with Crippen LogP contribution in [0.1, 0.15) is 45.4 Å². The Morgan fingerprint density at radius 2 is 1.63 bits per heavy atom. The number of amides is 2. The summed E-state index contributed by atoms with van der Waals surface area (Å²) in [5.74, 6) is 0.524. The minimum Gasteiger partial charge on any atom is -0.346 e. The van der Waals surface area contributed by atoms with E-state index in [9.17, 15) is 9.59 Å². The van der Waals surface area contributed by atoms with E-state index in [1.807, 2.05) is 96.8 Å². The van der Waals surface area contributed by atoms with E-state index >= 15 is 0 Å². The first-order chi connectivity index (χ1) is 14.6. The van der Waals surface area contributed by atoms with E-state index in [4.69, 9.17) is 0 Å². The molecule has 0 aromatic heterocycles. The molecule has 2 atom stereocenters. The molecule has 3 aromatic rings. The maximum atomic E-state index is 12.6. The van der Waals surface area contributed by atoms with E-state index in [0.29, 0.717) is 17.9 Å². The monoisotopic (exact) mass is 416 g/mol. The fourth-order valence-corrected chi connectivity index (χ4v) is 4.77. The Bertz CT molecular complexity index is 1010. The highest BCUT2D eigenvalue weighted by molar-refractivity contribution is 8.00. The minimum absolute atomic E-state index is 0.0296. The van der Waals surface area contributed by atoms with Crippen LogP contribution in [-0.4, -0.2) is 22.5 Å². The predicted molar refractivity (Wildman–Crippen MR) is 121 cm³/mol. The largest absolute Gasteiger partial charge is 0.346 e. The fourth-order valence-electron chi connectivity index (χ4n) is 3.59. The number of carbonyl (C=O) groups is 2. The zero-order chi connectivity index (χ0) is 20.9. The third-order valence-electron chi connectivity index (χ3n) is 5.27. The molecule has 1 saturated heterocycles. The Balaban J connectivity index is 1.44. The Morgan fingerprint density at radius 1 is 1.00 bits per heavy atom. The summed E-state index contributed by atoms with van der Waals surface area (Å²) in [4.78, 5) is 27.0. The molecule has 4 rings (SSSR count). The molecule has 4 nitrogen and oxygen atoms in total. The van der Waals surface area contributed by atoms with Crippen LogP contribution in [-0.2, 0) is 11.3 Å². The summed E-state index contributed by atoms with van der Waals surface area (Å²) in [6.07, 6.45) is 0. The maximum absolute atomic E-state index is 12.6. The van der Waals surface area contributed by atoms with Crippen LogP contribution in [0.4, 0.5) is 0 Å². The quantitative estimate of drug-likeness (QED) is 0.618. The molecule has 0 spiro atoms. The highest BCUT2D eigenvalue weighted by Crippen LogP contribution is 2.39. The van der Waals surface area contributed by atoms with Crippen molar-refractivity contribution < 1.29 is 9.59 Å². The molecule has 1 fully saturated rings. The number of hydrogen-bond donors (Lipinski definition) is 1. The van der Waals surface area contributed by atoms with Crippen LogP contribution >= 0.6 is 11.8 Å². The van der Waals surface area contributed by atoms with E-state index in [2.05, 4.69) is 5.32 Å². The van der Waals surface area contributed by atoms with Crippen LogP contribution in [0.5, 0.6) is 0 Å². The summed E-state index contributed by atoms with van der Waals surface area (Å²) < 4.78 is 0. The summed E-state index contributed by atoms with van der Waals surface area (Å²) in [6, 6.07) is 27.4. The molecule has 0 unspecified atom stereocenters. The van der Waals surface area contributed by atoms with Crippen LogP contribution < -0.4 is 5.32 Å². The van der Waals surface area contributed by atoms with Crippen LogP contribution in [0.3, 0.4) is 0 Å². The van der Waals surface area contributed by atoms with Crippen LogP contribution in [0, 0.1) is 0 Å². The molecule has 30 heavy (non-hydrogen) atoms. The highest BCUT2D eigenvalue weighted by Gasteiger charge is 2.32. The first-order valence-electron chi connectivity index (χ1n) is 10.0. The van der Waals surface area contributed by atoms with E-state index in [1.165, 1.54) is 0 Å². The minimum atomic E-state index is -0.103. The molecule has 1 aliphatic rings. The summed E-state index contributed by atoms with van der Waals surface area (Å²) in [6.45, 7) is 2.57. The van der Waals surface area contributed by atoms with Crippen molar-refractivity contribution in [3.8, 4) is 0 Å². The van der Waals surface area contributed by atoms with Crippen molar-refractivity contribution in [2.75, 3.05) is 5.75 Å². The van der Waals surface area contributed by atoms with Gasteiger partial charge in [-0.3, -0.25) is 9.59 Å². The van der Waals surface area contributed by atoms with Gasteiger partial charge in [0.15, 0.2) is 0 Å². The first-order valence-corrected chi connectivity index (χ1v) is 11.1. The van der Waals surface area contributed by atoms with Crippen molar-refractivity contribution in [1.29, 1.82) is 0 Å². The Labute approximate surface area is 181 Å². The third kappa shape index (κ3) is 4.57. The molecule has 0 aliphatic carbocycles. The average Bonchev–Trinajstić information content (AvgIpc) is 3.15. The maximum Gasteiger partial charge on any atom is 0.251 e. The van der Waals surface area contributed by atoms with E-state index in [0.717, 1.165) is 16.7 Å². The zero-order valence-electron chi connectivity index (χ0n) is 16.8. The van der Waals surface area contributed by atoms with Gasteiger partial charge in [-0.15, -0.1) is 11.8 Å². The number of thioether (sulfide) groups is 1. The Kier molecular flexibility index (Phi) is 6.19. The lowest BCUT2D eigenvalue weighted by molar-refractivity contribution is -0.128. The third-order valence-corrected chi connectivity index (χ3v) is 6.53. The second-order valence-electron chi connectivity index (χ2n) is 7.40. The molecule has 3 aromatic carbocycles. The number of benzene rings is 3. The van der Waals surface area contributed by atoms with Crippen molar-refractivity contribution in [3.63, 3.8) is 0 Å². The second-order valence-corrected chi connectivity index (χ2v) is 8.47. The van der Waals surface area contributed by atoms with Gasteiger partial charge in [0.25, 0.3) is 5.91 Å². The molecule has 1 aliphatic heterocycles. The van der Waals surface area contributed by atoms with Gasteiger partial charge in [0.2, 0.25) is 5.91 Å². The Morgan fingerprint density at radius 3 is 2.30 bits per heavy atom. The number of nitrogens with zero attached hydrogens (tertiary/aromatic N) is 1. The SMILES string of the molecule is C[C@@H](NC(=O)c1ccc([C@@H]2SCC(=O)N2Cc2ccccc2)cc1)c1ccccc1. The van der Waals surface area contributed by atoms with Gasteiger partial charge in [-0.25, -0.2) is 0 Å². The van der Waals surface area contributed by atoms with Gasteiger partial charge in [-0.05, 0) is 35.7 Å². The number of hydrogen-bond acceptors (Lipinski definition) is 3.